The van der Waals surface area contributed by atoms with Gasteiger partial charge in [0, 0.05) is 11.6 Å². The molecule has 0 bridgehead atoms. The molecule has 1 atom stereocenters. The van der Waals surface area contributed by atoms with Crippen molar-refractivity contribution < 1.29 is 0 Å². The zero-order valence-corrected chi connectivity index (χ0v) is 13.5. The summed E-state index contributed by atoms with van der Waals surface area (Å²) in [5.41, 5.74) is 0. The van der Waals surface area contributed by atoms with E-state index in [0.29, 0.717) is 6.04 Å². The van der Waals surface area contributed by atoms with E-state index in [1.165, 1.54) is 56.4 Å². The first-order valence-corrected chi connectivity index (χ1v) is 8.89. The Morgan fingerprint density at radius 1 is 1.05 bits per heavy atom. The van der Waals surface area contributed by atoms with Gasteiger partial charge in [0.05, 0.1) is 6.04 Å². The molecule has 1 rings (SSSR count). The highest BCUT2D eigenvalue weighted by atomic mass is 32.1. The van der Waals surface area contributed by atoms with Crippen molar-refractivity contribution in [2.24, 2.45) is 0 Å². The van der Waals surface area contributed by atoms with Crippen LogP contribution in [0.3, 0.4) is 0 Å². The van der Waals surface area contributed by atoms with E-state index in [0.717, 1.165) is 13.0 Å². The summed E-state index contributed by atoms with van der Waals surface area (Å²) >= 11 is 1.76. The Balaban J connectivity index is 1.95. The van der Waals surface area contributed by atoms with Gasteiger partial charge in [0.25, 0.3) is 0 Å². The number of aromatic nitrogens is 1. The van der Waals surface area contributed by atoms with E-state index in [1.807, 2.05) is 6.20 Å². The zero-order valence-electron chi connectivity index (χ0n) is 12.7. The summed E-state index contributed by atoms with van der Waals surface area (Å²) < 4.78 is 0. The number of unbranched alkanes of at least 4 members (excludes halogenated alkanes) is 7. The molecule has 0 spiro atoms. The van der Waals surface area contributed by atoms with Crippen LogP contribution >= 0.6 is 11.3 Å². The molecule has 1 heterocycles. The average Bonchev–Trinajstić information content (AvgIpc) is 2.95. The van der Waals surface area contributed by atoms with Gasteiger partial charge in [0.15, 0.2) is 0 Å². The summed E-state index contributed by atoms with van der Waals surface area (Å²) in [6.45, 7) is 5.64. The van der Waals surface area contributed by atoms with Gasteiger partial charge in [-0.1, -0.05) is 58.8 Å². The zero-order chi connectivity index (χ0) is 13.8. The second-order valence-electron chi connectivity index (χ2n) is 5.26. The lowest BCUT2D eigenvalue weighted by molar-refractivity contribution is 0.489. The highest BCUT2D eigenvalue weighted by Crippen LogP contribution is 2.18. The van der Waals surface area contributed by atoms with Crippen LogP contribution in [0.15, 0.2) is 11.6 Å². The molecule has 0 fully saturated rings. The van der Waals surface area contributed by atoms with Crippen molar-refractivity contribution in [1.82, 2.24) is 10.3 Å². The van der Waals surface area contributed by atoms with Crippen molar-refractivity contribution in [2.75, 3.05) is 6.54 Å². The maximum Gasteiger partial charge on any atom is 0.109 e. The molecule has 0 radical (unpaired) electrons. The predicted octanol–water partition coefficient (Wildman–Crippen LogP) is 5.32. The Morgan fingerprint density at radius 2 is 1.74 bits per heavy atom. The maximum atomic E-state index is 4.40. The topological polar surface area (TPSA) is 24.9 Å². The highest BCUT2D eigenvalue weighted by Gasteiger charge is 2.09. The first-order valence-electron chi connectivity index (χ1n) is 8.01. The molecule has 0 saturated heterocycles. The van der Waals surface area contributed by atoms with Crippen LogP contribution < -0.4 is 5.32 Å². The van der Waals surface area contributed by atoms with Crippen LogP contribution in [0, 0.1) is 0 Å². The molecule has 3 heteroatoms. The van der Waals surface area contributed by atoms with Gasteiger partial charge in [-0.2, -0.15) is 0 Å². The summed E-state index contributed by atoms with van der Waals surface area (Å²) in [7, 11) is 0. The van der Waals surface area contributed by atoms with Crippen molar-refractivity contribution in [3.8, 4) is 0 Å². The largest absolute Gasteiger partial charge is 0.308 e. The Hall–Kier alpha value is -0.410. The Labute approximate surface area is 123 Å². The van der Waals surface area contributed by atoms with Crippen molar-refractivity contribution >= 4 is 11.3 Å². The Bertz CT molecular complexity index is 285. The molecule has 0 aliphatic carbocycles. The van der Waals surface area contributed by atoms with E-state index >= 15 is 0 Å². The molecule has 0 aliphatic rings. The molecule has 1 aromatic heterocycles. The van der Waals surface area contributed by atoms with Gasteiger partial charge in [-0.3, -0.25) is 0 Å². The van der Waals surface area contributed by atoms with Crippen LogP contribution in [0.5, 0.6) is 0 Å². The van der Waals surface area contributed by atoms with Gasteiger partial charge >= 0.3 is 0 Å². The molecular weight excluding hydrogens is 252 g/mol. The fourth-order valence-electron chi connectivity index (χ4n) is 2.35. The first-order chi connectivity index (χ1) is 9.38. The lowest BCUT2D eigenvalue weighted by Crippen LogP contribution is -2.21. The molecule has 1 N–H and O–H groups in total. The summed E-state index contributed by atoms with van der Waals surface area (Å²) in [5, 5.41) is 6.93. The number of nitrogens with one attached hydrogen (secondary N) is 1. The van der Waals surface area contributed by atoms with Gasteiger partial charge in [-0.05, 0) is 19.4 Å². The molecule has 1 unspecified atom stereocenters. The smallest absolute Gasteiger partial charge is 0.109 e. The van der Waals surface area contributed by atoms with Gasteiger partial charge in [-0.15, -0.1) is 11.3 Å². The third-order valence-electron chi connectivity index (χ3n) is 3.58. The normalized spacial score (nSPS) is 12.7. The summed E-state index contributed by atoms with van der Waals surface area (Å²) in [5.74, 6) is 0. The molecular formula is C16H30N2S. The Kier molecular flexibility index (Phi) is 10.0. The van der Waals surface area contributed by atoms with E-state index in [9.17, 15) is 0 Å². The van der Waals surface area contributed by atoms with Crippen LogP contribution in [0.4, 0.5) is 0 Å². The molecule has 0 saturated carbocycles. The lowest BCUT2D eigenvalue weighted by Gasteiger charge is -2.14. The first kappa shape index (κ1) is 16.6. The second kappa shape index (κ2) is 11.4. The number of nitrogens with zero attached hydrogens (tertiary/aromatic N) is 1. The van der Waals surface area contributed by atoms with E-state index < -0.39 is 0 Å². The molecule has 110 valence electrons. The third kappa shape index (κ3) is 7.68. The number of hydrogen-bond acceptors (Lipinski definition) is 3. The molecule has 0 aromatic carbocycles. The summed E-state index contributed by atoms with van der Waals surface area (Å²) in [4.78, 5) is 4.40. The van der Waals surface area contributed by atoms with Crippen LogP contribution in [0.2, 0.25) is 0 Å². The maximum absolute atomic E-state index is 4.40. The number of rotatable bonds is 12. The number of hydrogen-bond donors (Lipinski definition) is 1. The molecule has 0 aliphatic heterocycles. The lowest BCUT2D eigenvalue weighted by atomic mass is 10.1. The fraction of sp³-hybridized carbons (Fsp3) is 0.812. The molecule has 2 nitrogen and oxygen atoms in total. The minimum atomic E-state index is 0.463. The van der Waals surface area contributed by atoms with Gasteiger partial charge in [0.2, 0.25) is 0 Å². The summed E-state index contributed by atoms with van der Waals surface area (Å²) in [6.07, 6.45) is 14.1. The average molecular weight is 282 g/mol. The van der Waals surface area contributed by atoms with Crippen LogP contribution in [0.25, 0.3) is 0 Å². The van der Waals surface area contributed by atoms with Gasteiger partial charge in [-0.25, -0.2) is 4.98 Å². The second-order valence-corrected chi connectivity index (χ2v) is 6.19. The monoisotopic (exact) mass is 282 g/mol. The van der Waals surface area contributed by atoms with E-state index in [1.54, 1.807) is 11.3 Å². The molecule has 1 aromatic rings. The minimum absolute atomic E-state index is 0.463. The SMILES string of the molecule is CCCCCCCCCCNC(CC)c1nccs1. The molecule has 19 heavy (non-hydrogen) atoms. The standard InChI is InChI=1S/C16H30N2S/c1-3-5-6-7-8-9-10-11-12-17-15(4-2)16-18-13-14-19-16/h13-15,17H,3-12H2,1-2H3. The van der Waals surface area contributed by atoms with E-state index in [-0.39, 0.29) is 0 Å². The van der Waals surface area contributed by atoms with E-state index in [4.69, 9.17) is 0 Å². The van der Waals surface area contributed by atoms with Crippen molar-refractivity contribution in [2.45, 2.75) is 77.7 Å². The highest BCUT2D eigenvalue weighted by molar-refractivity contribution is 7.09. The quantitative estimate of drug-likeness (QED) is 0.524. The number of thiazole rings is 1. The molecule has 0 amide bonds. The van der Waals surface area contributed by atoms with Crippen molar-refractivity contribution in [3.05, 3.63) is 16.6 Å². The predicted molar refractivity (Wildman–Crippen MR) is 85.8 cm³/mol. The van der Waals surface area contributed by atoms with Crippen LogP contribution in [0.1, 0.15) is 82.7 Å². The van der Waals surface area contributed by atoms with Crippen molar-refractivity contribution in [3.63, 3.8) is 0 Å². The van der Waals surface area contributed by atoms with Gasteiger partial charge in [0.1, 0.15) is 5.01 Å². The van der Waals surface area contributed by atoms with E-state index in [2.05, 4.69) is 29.5 Å². The Morgan fingerprint density at radius 3 is 2.32 bits per heavy atom. The fourth-order valence-corrected chi connectivity index (χ4v) is 3.15. The van der Waals surface area contributed by atoms with Crippen molar-refractivity contribution in [1.29, 1.82) is 0 Å². The summed E-state index contributed by atoms with van der Waals surface area (Å²) in [6, 6.07) is 0.463. The minimum Gasteiger partial charge on any atom is -0.308 e. The van der Waals surface area contributed by atoms with Crippen LogP contribution in [-0.4, -0.2) is 11.5 Å². The van der Waals surface area contributed by atoms with Crippen LogP contribution in [-0.2, 0) is 0 Å². The van der Waals surface area contributed by atoms with Gasteiger partial charge < -0.3 is 5.32 Å². The third-order valence-corrected chi connectivity index (χ3v) is 4.47.